The number of hydrogen-bond donors (Lipinski definition) is 1. The number of nitrogens with zero attached hydrogens (tertiary/aromatic N) is 1. The highest BCUT2D eigenvalue weighted by Gasteiger charge is 2.28. The topological polar surface area (TPSA) is 81.9 Å². The van der Waals surface area contributed by atoms with Gasteiger partial charge in [-0.1, -0.05) is 6.92 Å². The van der Waals surface area contributed by atoms with Gasteiger partial charge in [-0.25, -0.2) is 8.42 Å². The molecule has 1 fully saturated rings. The predicted molar refractivity (Wildman–Crippen MR) is 80.8 cm³/mol. The number of hydrogen-bond acceptors (Lipinski definition) is 5. The van der Waals surface area contributed by atoms with E-state index in [-0.39, 0.29) is 10.8 Å². The maximum absolute atomic E-state index is 12.7. The van der Waals surface area contributed by atoms with Gasteiger partial charge < -0.3 is 15.2 Å². The first-order valence-corrected chi connectivity index (χ1v) is 8.44. The molecule has 1 unspecified atom stereocenters. The van der Waals surface area contributed by atoms with Gasteiger partial charge in [0.15, 0.2) is 0 Å². The highest BCUT2D eigenvalue weighted by atomic mass is 32.2. The van der Waals surface area contributed by atoms with E-state index in [0.29, 0.717) is 37.7 Å². The van der Waals surface area contributed by atoms with E-state index in [9.17, 15) is 8.42 Å². The molecular weight excluding hydrogens is 292 g/mol. The third kappa shape index (κ3) is 3.48. The number of nitrogens with two attached hydrogens (primary N) is 1. The summed E-state index contributed by atoms with van der Waals surface area (Å²) in [6.07, 6.45) is 0.900. The largest absolute Gasteiger partial charge is 0.495 e. The van der Waals surface area contributed by atoms with Gasteiger partial charge >= 0.3 is 0 Å². The van der Waals surface area contributed by atoms with E-state index in [0.717, 1.165) is 6.42 Å². The summed E-state index contributed by atoms with van der Waals surface area (Å²) < 4.78 is 37.2. The van der Waals surface area contributed by atoms with Crippen LogP contribution < -0.4 is 10.5 Å². The highest BCUT2D eigenvalue weighted by Crippen LogP contribution is 2.27. The lowest BCUT2D eigenvalue weighted by Crippen LogP contribution is -2.35. The summed E-state index contributed by atoms with van der Waals surface area (Å²) in [6, 6.07) is 4.55. The van der Waals surface area contributed by atoms with E-state index in [1.54, 1.807) is 6.07 Å². The Morgan fingerprint density at radius 1 is 1.48 bits per heavy atom. The Labute approximate surface area is 125 Å². The summed E-state index contributed by atoms with van der Waals surface area (Å²) in [6.45, 7) is 4.06. The second kappa shape index (κ2) is 6.64. The number of sulfonamides is 1. The van der Waals surface area contributed by atoms with Crippen LogP contribution in [0.3, 0.4) is 0 Å². The monoisotopic (exact) mass is 314 g/mol. The van der Waals surface area contributed by atoms with Gasteiger partial charge in [-0.05, 0) is 30.5 Å². The van der Waals surface area contributed by atoms with Crippen LogP contribution in [-0.2, 0) is 14.8 Å². The first-order chi connectivity index (χ1) is 9.98. The molecule has 0 amide bonds. The number of ether oxygens (including phenoxy) is 2. The number of benzene rings is 1. The van der Waals surface area contributed by atoms with Gasteiger partial charge in [-0.15, -0.1) is 0 Å². The Balaban J connectivity index is 2.23. The molecule has 0 aliphatic carbocycles. The van der Waals surface area contributed by atoms with Crippen LogP contribution in [0.2, 0.25) is 0 Å². The second-order valence-corrected chi connectivity index (χ2v) is 7.03. The van der Waals surface area contributed by atoms with Crippen molar-refractivity contribution in [1.29, 1.82) is 0 Å². The van der Waals surface area contributed by atoms with Crippen LogP contribution in [0, 0.1) is 5.92 Å². The molecule has 1 saturated heterocycles. The molecule has 6 nitrogen and oxygen atoms in total. The van der Waals surface area contributed by atoms with Crippen molar-refractivity contribution in [3.8, 4) is 5.75 Å². The molecule has 0 bridgehead atoms. The zero-order chi connectivity index (χ0) is 15.5. The van der Waals surface area contributed by atoms with E-state index in [1.807, 2.05) is 6.92 Å². The minimum Gasteiger partial charge on any atom is -0.495 e. The van der Waals surface area contributed by atoms with Crippen LogP contribution in [-0.4, -0.2) is 46.1 Å². The van der Waals surface area contributed by atoms with Crippen molar-refractivity contribution in [2.75, 3.05) is 39.1 Å². The summed E-state index contributed by atoms with van der Waals surface area (Å²) in [4.78, 5) is 0.196. The van der Waals surface area contributed by atoms with Crippen molar-refractivity contribution >= 4 is 15.7 Å². The zero-order valence-electron chi connectivity index (χ0n) is 12.4. The summed E-state index contributed by atoms with van der Waals surface area (Å²) in [5.41, 5.74) is 6.12. The maximum atomic E-state index is 12.7. The van der Waals surface area contributed by atoms with Gasteiger partial charge in [0.25, 0.3) is 0 Å². The van der Waals surface area contributed by atoms with Crippen LogP contribution >= 0.6 is 0 Å². The van der Waals surface area contributed by atoms with Crippen molar-refractivity contribution < 1.29 is 17.9 Å². The quantitative estimate of drug-likeness (QED) is 0.801. The SMILES string of the molecule is CCN(CC1CCOC1)S(=O)(=O)c1ccc(OC)c(N)c1. The highest BCUT2D eigenvalue weighted by molar-refractivity contribution is 7.89. The third-order valence-electron chi connectivity index (χ3n) is 3.68. The molecule has 0 spiro atoms. The van der Waals surface area contributed by atoms with Gasteiger partial charge in [-0.2, -0.15) is 4.31 Å². The van der Waals surface area contributed by atoms with Crippen LogP contribution in [0.4, 0.5) is 5.69 Å². The van der Waals surface area contributed by atoms with E-state index in [2.05, 4.69) is 0 Å². The molecule has 1 atom stereocenters. The fraction of sp³-hybridized carbons (Fsp3) is 0.571. The average Bonchev–Trinajstić information content (AvgIpc) is 2.97. The Morgan fingerprint density at radius 2 is 2.24 bits per heavy atom. The van der Waals surface area contributed by atoms with Gasteiger partial charge in [0.05, 0.1) is 24.3 Å². The van der Waals surface area contributed by atoms with Crippen LogP contribution in [0.15, 0.2) is 23.1 Å². The number of methoxy groups -OCH3 is 1. The number of anilines is 1. The number of nitrogen functional groups attached to an aromatic ring is 1. The predicted octanol–water partition coefficient (Wildman–Crippen LogP) is 1.32. The fourth-order valence-corrected chi connectivity index (χ4v) is 4.00. The fourth-order valence-electron chi connectivity index (χ4n) is 2.43. The second-order valence-electron chi connectivity index (χ2n) is 5.09. The molecule has 1 aliphatic rings. The molecule has 2 N–H and O–H groups in total. The van der Waals surface area contributed by atoms with Crippen molar-refractivity contribution in [2.24, 2.45) is 5.92 Å². The standard InChI is InChI=1S/C14H22N2O4S/c1-3-16(9-11-6-7-20-10-11)21(17,18)12-4-5-14(19-2)13(15)8-12/h4-5,8,11H,3,6-7,9-10,15H2,1-2H3. The van der Waals surface area contributed by atoms with Gasteiger partial charge in [0.1, 0.15) is 5.75 Å². The van der Waals surface area contributed by atoms with E-state index >= 15 is 0 Å². The molecule has 7 heteroatoms. The smallest absolute Gasteiger partial charge is 0.243 e. The Hall–Kier alpha value is -1.31. The Bertz CT molecular complexity index is 583. The molecule has 0 radical (unpaired) electrons. The zero-order valence-corrected chi connectivity index (χ0v) is 13.2. The maximum Gasteiger partial charge on any atom is 0.243 e. The lowest BCUT2D eigenvalue weighted by Gasteiger charge is -2.23. The first kappa shape index (κ1) is 16.1. The summed E-state index contributed by atoms with van der Waals surface area (Å²) >= 11 is 0. The minimum absolute atomic E-state index is 0.196. The van der Waals surface area contributed by atoms with Crippen molar-refractivity contribution in [1.82, 2.24) is 4.31 Å². The van der Waals surface area contributed by atoms with Crippen LogP contribution in [0.25, 0.3) is 0 Å². The summed E-state index contributed by atoms with van der Waals surface area (Å²) in [7, 11) is -2.05. The molecule has 0 aromatic heterocycles. The summed E-state index contributed by atoms with van der Waals surface area (Å²) in [5, 5.41) is 0. The van der Waals surface area contributed by atoms with Crippen LogP contribution in [0.5, 0.6) is 5.75 Å². The Kier molecular flexibility index (Phi) is 5.08. The molecule has 1 aliphatic heterocycles. The normalized spacial score (nSPS) is 19.1. The summed E-state index contributed by atoms with van der Waals surface area (Å²) in [5.74, 6) is 0.733. The molecule has 21 heavy (non-hydrogen) atoms. The average molecular weight is 314 g/mol. The molecule has 1 heterocycles. The molecule has 1 aromatic carbocycles. The molecule has 0 saturated carbocycles. The Morgan fingerprint density at radius 3 is 2.76 bits per heavy atom. The van der Waals surface area contributed by atoms with E-state index in [4.69, 9.17) is 15.2 Å². The number of rotatable bonds is 6. The van der Waals surface area contributed by atoms with E-state index in [1.165, 1.54) is 23.5 Å². The third-order valence-corrected chi connectivity index (χ3v) is 5.61. The minimum atomic E-state index is -3.54. The first-order valence-electron chi connectivity index (χ1n) is 7.00. The van der Waals surface area contributed by atoms with Gasteiger partial charge in [0, 0.05) is 19.7 Å². The van der Waals surface area contributed by atoms with Crippen LogP contribution in [0.1, 0.15) is 13.3 Å². The lowest BCUT2D eigenvalue weighted by atomic mass is 10.1. The van der Waals surface area contributed by atoms with Gasteiger partial charge in [-0.3, -0.25) is 0 Å². The van der Waals surface area contributed by atoms with Crippen molar-refractivity contribution in [3.63, 3.8) is 0 Å². The molecular formula is C14H22N2O4S. The van der Waals surface area contributed by atoms with Crippen molar-refractivity contribution in [2.45, 2.75) is 18.2 Å². The van der Waals surface area contributed by atoms with Gasteiger partial charge in [0.2, 0.25) is 10.0 Å². The molecule has 1 aromatic rings. The molecule has 118 valence electrons. The van der Waals surface area contributed by atoms with E-state index < -0.39 is 10.0 Å². The van der Waals surface area contributed by atoms with Crippen molar-refractivity contribution in [3.05, 3.63) is 18.2 Å². The lowest BCUT2D eigenvalue weighted by molar-refractivity contribution is 0.181. The molecule has 2 rings (SSSR count).